The van der Waals surface area contributed by atoms with Crippen molar-refractivity contribution < 1.29 is 19.5 Å². The Labute approximate surface area is 159 Å². The van der Waals surface area contributed by atoms with Crippen LogP contribution >= 0.6 is 0 Å². The topological polar surface area (TPSA) is 66.7 Å². The van der Waals surface area contributed by atoms with Gasteiger partial charge in [-0.3, -0.25) is 9.78 Å². The zero-order chi connectivity index (χ0) is 19.0. The third kappa shape index (κ3) is 3.60. The molecule has 0 bridgehead atoms. The lowest BCUT2D eigenvalue weighted by Gasteiger charge is -2.33. The number of ether oxygens (including phenoxy) is 1. The number of allylic oxidation sites excluding steroid dienone is 1. The molecule has 0 radical (unpaired) electrons. The first kappa shape index (κ1) is 17.7. The Balaban J connectivity index is 1.64. The number of carbonyl (C=O) groups is 1. The quantitative estimate of drug-likeness (QED) is 0.844. The summed E-state index contributed by atoms with van der Waals surface area (Å²) in [5.74, 6) is 1.74. The van der Waals surface area contributed by atoms with E-state index >= 15 is 0 Å². The van der Waals surface area contributed by atoms with E-state index in [-0.39, 0.29) is 17.3 Å². The molecule has 1 aromatic heterocycles. The number of aromatic nitrogens is 1. The van der Waals surface area contributed by atoms with Crippen LogP contribution in [0.2, 0.25) is 0 Å². The normalized spacial score (nSPS) is 26.1. The monoisotopic (exact) mass is 364 g/mol. The minimum absolute atomic E-state index is 0.0532. The molecule has 1 N–H and O–H groups in total. The minimum Gasteiger partial charge on any atom is -0.872 e. The molecule has 0 spiro atoms. The zero-order valence-corrected chi connectivity index (χ0v) is 15.7. The Bertz CT molecular complexity index is 882. The number of hydrogen-bond donors (Lipinski definition) is 1. The molecule has 2 unspecified atom stereocenters. The van der Waals surface area contributed by atoms with Gasteiger partial charge in [0.05, 0.1) is 18.7 Å². The second-order valence-electron chi connectivity index (χ2n) is 7.93. The fourth-order valence-corrected chi connectivity index (χ4v) is 4.39. The number of Topliss-reactive ketones (excluding diaryl/α,β-unsaturated/α-hetero) is 1. The van der Waals surface area contributed by atoms with Crippen molar-refractivity contribution in [2.45, 2.75) is 26.8 Å². The molecule has 140 valence electrons. The van der Waals surface area contributed by atoms with Crippen LogP contribution in [0.5, 0.6) is 11.5 Å². The van der Waals surface area contributed by atoms with Crippen LogP contribution in [0, 0.1) is 11.8 Å². The van der Waals surface area contributed by atoms with Gasteiger partial charge in [0, 0.05) is 29.8 Å². The Morgan fingerprint density at radius 1 is 1.26 bits per heavy atom. The number of quaternary nitrogens is 1. The van der Waals surface area contributed by atoms with E-state index in [1.54, 1.807) is 24.5 Å². The van der Waals surface area contributed by atoms with Gasteiger partial charge in [0.1, 0.15) is 12.3 Å². The van der Waals surface area contributed by atoms with Gasteiger partial charge in [-0.25, -0.2) is 0 Å². The summed E-state index contributed by atoms with van der Waals surface area (Å²) < 4.78 is 5.90. The van der Waals surface area contributed by atoms with Crippen LogP contribution in [0.3, 0.4) is 0 Å². The summed E-state index contributed by atoms with van der Waals surface area (Å²) >= 11 is 0. The molecular formula is C22H24N2O3. The molecule has 5 nitrogen and oxygen atoms in total. The van der Waals surface area contributed by atoms with Crippen molar-refractivity contribution in [1.29, 1.82) is 0 Å². The predicted octanol–water partition coefficient (Wildman–Crippen LogP) is 1.83. The van der Waals surface area contributed by atoms with Gasteiger partial charge >= 0.3 is 0 Å². The molecule has 4 rings (SSSR count). The highest BCUT2D eigenvalue weighted by Crippen LogP contribution is 2.38. The number of carbonyl (C=O) groups excluding carboxylic acids is 1. The van der Waals surface area contributed by atoms with E-state index in [0.717, 1.165) is 18.7 Å². The van der Waals surface area contributed by atoms with Gasteiger partial charge < -0.3 is 14.7 Å². The van der Waals surface area contributed by atoms with Crippen molar-refractivity contribution in [3.05, 3.63) is 59.1 Å². The number of fused-ring (bicyclic) bond motifs is 1. The summed E-state index contributed by atoms with van der Waals surface area (Å²) in [5, 5.41) is 12.6. The highest BCUT2D eigenvalue weighted by molar-refractivity contribution is 6.14. The number of likely N-dealkylation sites (tertiary alicyclic amines) is 1. The summed E-state index contributed by atoms with van der Waals surface area (Å²) in [4.78, 5) is 18.2. The number of pyridine rings is 1. The van der Waals surface area contributed by atoms with Crippen molar-refractivity contribution in [2.75, 3.05) is 13.1 Å². The minimum atomic E-state index is -0.175. The summed E-state index contributed by atoms with van der Waals surface area (Å²) in [7, 11) is 0. The lowest BCUT2D eigenvalue weighted by molar-refractivity contribution is -0.925. The van der Waals surface area contributed by atoms with Gasteiger partial charge in [0.25, 0.3) is 0 Å². The van der Waals surface area contributed by atoms with Crippen molar-refractivity contribution in [1.82, 2.24) is 4.98 Å². The van der Waals surface area contributed by atoms with Crippen LogP contribution in [0.25, 0.3) is 6.08 Å². The number of nitrogens with one attached hydrogen (secondary N) is 1. The van der Waals surface area contributed by atoms with Gasteiger partial charge in [-0.15, -0.1) is 0 Å². The maximum atomic E-state index is 12.7. The standard InChI is InChI=1S/C22H24N2O3/c1-14-8-15(2)12-24(11-14)13-18-19(25)6-5-17-21(26)20(27-22(17)18)9-16-4-3-7-23-10-16/h3-7,9-10,14-15,25H,8,11-13H2,1-2H3/b20-9-. The summed E-state index contributed by atoms with van der Waals surface area (Å²) in [5.41, 5.74) is 1.89. The Morgan fingerprint density at radius 2 is 2.04 bits per heavy atom. The average Bonchev–Trinajstić information content (AvgIpc) is 2.94. The molecule has 0 saturated carbocycles. The highest BCUT2D eigenvalue weighted by atomic mass is 16.5. The van der Waals surface area contributed by atoms with Gasteiger partial charge in [-0.05, 0) is 30.2 Å². The highest BCUT2D eigenvalue weighted by Gasteiger charge is 2.32. The summed E-state index contributed by atoms with van der Waals surface area (Å²) in [6.07, 6.45) is 6.27. The first-order valence-electron chi connectivity index (χ1n) is 9.52. The van der Waals surface area contributed by atoms with E-state index in [0.29, 0.717) is 35.3 Å². The van der Waals surface area contributed by atoms with Gasteiger partial charge in [0.2, 0.25) is 5.78 Å². The molecule has 1 aromatic carbocycles. The Hall–Kier alpha value is -2.66. The molecule has 0 amide bonds. The number of rotatable bonds is 3. The summed E-state index contributed by atoms with van der Waals surface area (Å²) in [6.45, 7) is 7.21. The average molecular weight is 364 g/mol. The largest absolute Gasteiger partial charge is 0.872 e. The lowest BCUT2D eigenvalue weighted by Crippen LogP contribution is -3.13. The van der Waals surface area contributed by atoms with Crippen LogP contribution in [0.15, 0.2) is 42.4 Å². The third-order valence-corrected chi connectivity index (χ3v) is 5.39. The smallest absolute Gasteiger partial charge is 0.231 e. The van der Waals surface area contributed by atoms with Crippen LogP contribution in [0.4, 0.5) is 0 Å². The van der Waals surface area contributed by atoms with E-state index < -0.39 is 0 Å². The number of hydrogen-bond acceptors (Lipinski definition) is 4. The van der Waals surface area contributed by atoms with E-state index in [1.807, 2.05) is 12.1 Å². The predicted molar refractivity (Wildman–Crippen MR) is 100 cm³/mol. The second kappa shape index (κ2) is 7.16. The molecular weight excluding hydrogens is 340 g/mol. The van der Waals surface area contributed by atoms with Crippen LogP contribution in [-0.4, -0.2) is 23.9 Å². The van der Waals surface area contributed by atoms with Crippen molar-refractivity contribution in [3.8, 4) is 11.5 Å². The Kier molecular flexibility index (Phi) is 4.70. The molecule has 1 saturated heterocycles. The second-order valence-corrected chi connectivity index (χ2v) is 7.93. The maximum absolute atomic E-state index is 12.7. The van der Waals surface area contributed by atoms with Crippen molar-refractivity contribution in [3.63, 3.8) is 0 Å². The fraction of sp³-hybridized carbons (Fsp3) is 0.364. The molecule has 0 aliphatic carbocycles. The molecule has 5 heteroatoms. The molecule has 2 aliphatic heterocycles. The third-order valence-electron chi connectivity index (χ3n) is 5.39. The number of nitrogens with zero attached hydrogens (tertiary/aromatic N) is 1. The van der Waals surface area contributed by atoms with Gasteiger partial charge in [-0.1, -0.05) is 31.7 Å². The number of ketones is 1. The fourth-order valence-electron chi connectivity index (χ4n) is 4.39. The van der Waals surface area contributed by atoms with Gasteiger partial charge in [0.15, 0.2) is 5.76 Å². The van der Waals surface area contributed by atoms with E-state index in [9.17, 15) is 9.90 Å². The lowest BCUT2D eigenvalue weighted by atomic mass is 9.91. The first-order chi connectivity index (χ1) is 13.0. The van der Waals surface area contributed by atoms with E-state index in [2.05, 4.69) is 18.8 Å². The molecule has 27 heavy (non-hydrogen) atoms. The van der Waals surface area contributed by atoms with E-state index in [1.165, 1.54) is 17.4 Å². The molecule has 2 aromatic rings. The van der Waals surface area contributed by atoms with Crippen molar-refractivity contribution >= 4 is 11.9 Å². The van der Waals surface area contributed by atoms with E-state index in [4.69, 9.17) is 4.74 Å². The van der Waals surface area contributed by atoms with Gasteiger partial charge in [-0.2, -0.15) is 0 Å². The zero-order valence-electron chi connectivity index (χ0n) is 15.7. The molecule has 2 atom stereocenters. The van der Waals surface area contributed by atoms with Crippen molar-refractivity contribution in [2.24, 2.45) is 11.8 Å². The Morgan fingerprint density at radius 3 is 2.74 bits per heavy atom. The summed E-state index contributed by atoms with van der Waals surface area (Å²) in [6, 6.07) is 6.76. The SMILES string of the molecule is CC1CC(C)C[NH+](Cc2c([O-])ccc3c2O/C(=C\c2cccnc2)C3=O)C1. The number of piperidine rings is 1. The first-order valence-corrected chi connectivity index (χ1v) is 9.52. The number of benzene rings is 1. The van der Waals surface area contributed by atoms with Crippen LogP contribution < -0.4 is 14.7 Å². The molecule has 2 aliphatic rings. The molecule has 1 fully saturated rings. The van der Waals surface area contributed by atoms with Crippen LogP contribution in [0.1, 0.15) is 41.8 Å². The maximum Gasteiger partial charge on any atom is 0.231 e. The van der Waals surface area contributed by atoms with Crippen LogP contribution in [-0.2, 0) is 6.54 Å². The molecule has 3 heterocycles.